The van der Waals surface area contributed by atoms with Gasteiger partial charge in [0.2, 0.25) is 0 Å². The summed E-state index contributed by atoms with van der Waals surface area (Å²) < 4.78 is 5.59. The predicted molar refractivity (Wildman–Crippen MR) is 103 cm³/mol. The van der Waals surface area contributed by atoms with Crippen molar-refractivity contribution < 1.29 is 19.4 Å². The summed E-state index contributed by atoms with van der Waals surface area (Å²) in [7, 11) is 0. The molecule has 25 heavy (non-hydrogen) atoms. The van der Waals surface area contributed by atoms with E-state index in [9.17, 15) is 9.59 Å². The van der Waals surface area contributed by atoms with Crippen LogP contribution in [0, 0.1) is 5.92 Å². The molecule has 4 heteroatoms. The van der Waals surface area contributed by atoms with E-state index >= 15 is 0 Å². The first kappa shape index (κ1) is 23.7. The lowest BCUT2D eigenvalue weighted by Crippen LogP contribution is -2.20. The molecule has 0 aliphatic heterocycles. The van der Waals surface area contributed by atoms with Crippen LogP contribution in [0.1, 0.15) is 97.8 Å². The Kier molecular flexibility index (Phi) is 15.3. The van der Waals surface area contributed by atoms with Gasteiger partial charge in [-0.1, -0.05) is 65.4 Å². The third-order valence-electron chi connectivity index (χ3n) is 4.19. The van der Waals surface area contributed by atoms with E-state index < -0.39 is 5.97 Å². The highest BCUT2D eigenvalue weighted by molar-refractivity contribution is 5.71. The molecule has 1 atom stereocenters. The molecule has 0 saturated heterocycles. The number of carboxylic acids is 1. The van der Waals surface area contributed by atoms with Gasteiger partial charge in [0.1, 0.15) is 6.10 Å². The van der Waals surface area contributed by atoms with Gasteiger partial charge in [-0.05, 0) is 38.2 Å². The Morgan fingerprint density at radius 3 is 2.24 bits per heavy atom. The SMILES string of the molecule is CCCCCCC(C=CCCCCCCCC(=O)O)OC(=O)C(C)C. The molecule has 0 fully saturated rings. The van der Waals surface area contributed by atoms with Crippen LogP contribution in [-0.4, -0.2) is 23.1 Å². The molecule has 146 valence electrons. The third kappa shape index (κ3) is 15.9. The standard InChI is InChI=1S/C21H38O4/c1-4-5-6-12-15-19(25-21(24)18(2)3)16-13-10-8-7-9-11-14-17-20(22)23/h13,16,18-19H,4-12,14-15,17H2,1-3H3,(H,22,23). The number of allylic oxidation sites excluding steroid dienone is 1. The molecule has 0 heterocycles. The van der Waals surface area contributed by atoms with Gasteiger partial charge in [-0.3, -0.25) is 9.59 Å². The highest BCUT2D eigenvalue weighted by atomic mass is 16.5. The number of carboxylic acid groups (broad SMARTS) is 1. The number of carbonyl (C=O) groups is 2. The van der Waals surface area contributed by atoms with Gasteiger partial charge < -0.3 is 9.84 Å². The van der Waals surface area contributed by atoms with Gasteiger partial charge in [-0.15, -0.1) is 0 Å². The first-order chi connectivity index (χ1) is 12.0. The van der Waals surface area contributed by atoms with Gasteiger partial charge in [0, 0.05) is 6.42 Å². The molecule has 0 aliphatic carbocycles. The first-order valence-electron chi connectivity index (χ1n) is 10.1. The minimum Gasteiger partial charge on any atom is -0.481 e. The summed E-state index contributed by atoms with van der Waals surface area (Å²) in [6.07, 6.45) is 16.1. The Bertz CT molecular complexity index is 374. The molecule has 0 spiro atoms. The van der Waals surface area contributed by atoms with Crippen molar-refractivity contribution in [1.82, 2.24) is 0 Å². The molecule has 0 saturated carbocycles. The number of unbranched alkanes of at least 4 members (excludes halogenated alkanes) is 8. The highest BCUT2D eigenvalue weighted by Gasteiger charge is 2.14. The maximum absolute atomic E-state index is 11.8. The van der Waals surface area contributed by atoms with Gasteiger partial charge >= 0.3 is 11.9 Å². The molecule has 0 aromatic rings. The van der Waals surface area contributed by atoms with Gasteiger partial charge in [0.05, 0.1) is 5.92 Å². The number of carbonyl (C=O) groups excluding carboxylic acids is 1. The summed E-state index contributed by atoms with van der Waals surface area (Å²) in [4.78, 5) is 22.2. The maximum Gasteiger partial charge on any atom is 0.308 e. The number of hydrogen-bond acceptors (Lipinski definition) is 3. The van der Waals surface area contributed by atoms with Crippen molar-refractivity contribution in [2.75, 3.05) is 0 Å². The lowest BCUT2D eigenvalue weighted by atomic mass is 10.1. The monoisotopic (exact) mass is 354 g/mol. The molecule has 0 amide bonds. The Balaban J connectivity index is 3.97. The van der Waals surface area contributed by atoms with Crippen LogP contribution in [-0.2, 0) is 14.3 Å². The molecule has 0 aromatic heterocycles. The van der Waals surface area contributed by atoms with Crippen LogP contribution < -0.4 is 0 Å². The average molecular weight is 355 g/mol. The zero-order valence-electron chi connectivity index (χ0n) is 16.5. The van der Waals surface area contributed by atoms with E-state index in [2.05, 4.69) is 19.1 Å². The van der Waals surface area contributed by atoms with Crippen molar-refractivity contribution in [2.45, 2.75) is 104 Å². The van der Waals surface area contributed by atoms with Crippen LogP contribution in [0.25, 0.3) is 0 Å². The van der Waals surface area contributed by atoms with Crippen molar-refractivity contribution in [3.8, 4) is 0 Å². The molecule has 4 nitrogen and oxygen atoms in total. The third-order valence-corrected chi connectivity index (χ3v) is 4.19. The van der Waals surface area contributed by atoms with Crippen LogP contribution in [0.5, 0.6) is 0 Å². The van der Waals surface area contributed by atoms with Gasteiger partial charge in [0.25, 0.3) is 0 Å². The predicted octanol–water partition coefficient (Wildman–Crippen LogP) is 5.90. The minimum atomic E-state index is -0.705. The van der Waals surface area contributed by atoms with Crippen molar-refractivity contribution in [2.24, 2.45) is 5.92 Å². The molecule has 0 aliphatic rings. The quantitative estimate of drug-likeness (QED) is 0.213. The Hall–Kier alpha value is -1.32. The van der Waals surface area contributed by atoms with Gasteiger partial charge in [0.15, 0.2) is 0 Å². The second-order valence-corrected chi connectivity index (χ2v) is 7.11. The smallest absolute Gasteiger partial charge is 0.308 e. The number of ether oxygens (including phenoxy) is 1. The molecule has 0 bridgehead atoms. The lowest BCUT2D eigenvalue weighted by molar-refractivity contribution is -0.151. The normalized spacial score (nSPS) is 12.6. The average Bonchev–Trinajstić information content (AvgIpc) is 2.56. The largest absolute Gasteiger partial charge is 0.481 e. The summed E-state index contributed by atoms with van der Waals surface area (Å²) in [6, 6.07) is 0. The van der Waals surface area contributed by atoms with Crippen LogP contribution in [0.4, 0.5) is 0 Å². The molecule has 1 unspecified atom stereocenters. The molecule has 0 rings (SSSR count). The van der Waals surface area contributed by atoms with E-state index in [4.69, 9.17) is 9.84 Å². The van der Waals surface area contributed by atoms with Gasteiger partial charge in [-0.25, -0.2) is 0 Å². The number of rotatable bonds is 16. The van der Waals surface area contributed by atoms with E-state index in [0.717, 1.165) is 51.4 Å². The zero-order valence-corrected chi connectivity index (χ0v) is 16.5. The van der Waals surface area contributed by atoms with Crippen molar-refractivity contribution in [1.29, 1.82) is 0 Å². The van der Waals surface area contributed by atoms with Crippen LogP contribution >= 0.6 is 0 Å². The first-order valence-corrected chi connectivity index (χ1v) is 10.1. The molecular formula is C21H38O4. The summed E-state index contributed by atoms with van der Waals surface area (Å²) in [5.41, 5.74) is 0. The van der Waals surface area contributed by atoms with Gasteiger partial charge in [-0.2, -0.15) is 0 Å². The van der Waals surface area contributed by atoms with Crippen LogP contribution in [0.2, 0.25) is 0 Å². The summed E-state index contributed by atoms with van der Waals surface area (Å²) >= 11 is 0. The molecular weight excluding hydrogens is 316 g/mol. The molecule has 0 aromatic carbocycles. The van der Waals surface area contributed by atoms with Crippen LogP contribution in [0.3, 0.4) is 0 Å². The highest BCUT2D eigenvalue weighted by Crippen LogP contribution is 2.13. The second kappa shape index (κ2) is 16.2. The fourth-order valence-corrected chi connectivity index (χ4v) is 2.57. The van der Waals surface area contributed by atoms with Crippen molar-refractivity contribution in [3.63, 3.8) is 0 Å². The maximum atomic E-state index is 11.8. The Morgan fingerprint density at radius 2 is 1.60 bits per heavy atom. The van der Waals surface area contributed by atoms with E-state index in [1.54, 1.807) is 0 Å². The molecule has 0 radical (unpaired) electrons. The number of hydrogen-bond donors (Lipinski definition) is 1. The number of esters is 1. The van der Waals surface area contributed by atoms with E-state index in [1.165, 1.54) is 19.3 Å². The fraction of sp³-hybridized carbons (Fsp3) is 0.810. The summed E-state index contributed by atoms with van der Waals surface area (Å²) in [5, 5.41) is 8.58. The second-order valence-electron chi connectivity index (χ2n) is 7.11. The topological polar surface area (TPSA) is 63.6 Å². The Labute approximate surface area is 154 Å². The fourth-order valence-electron chi connectivity index (χ4n) is 2.57. The van der Waals surface area contributed by atoms with Crippen LogP contribution in [0.15, 0.2) is 12.2 Å². The number of aliphatic carboxylic acids is 1. The molecule has 1 N–H and O–H groups in total. The Morgan fingerprint density at radius 1 is 0.960 bits per heavy atom. The van der Waals surface area contributed by atoms with E-state index in [-0.39, 0.29) is 24.4 Å². The van der Waals surface area contributed by atoms with E-state index in [0.29, 0.717) is 0 Å². The van der Waals surface area contributed by atoms with Crippen molar-refractivity contribution in [3.05, 3.63) is 12.2 Å². The lowest BCUT2D eigenvalue weighted by Gasteiger charge is -2.16. The van der Waals surface area contributed by atoms with E-state index in [1.807, 2.05) is 13.8 Å². The van der Waals surface area contributed by atoms with Crippen molar-refractivity contribution >= 4 is 11.9 Å². The summed E-state index contributed by atoms with van der Waals surface area (Å²) in [5.74, 6) is -0.912. The zero-order chi connectivity index (χ0) is 18.9. The minimum absolute atomic E-state index is 0.0858. The summed E-state index contributed by atoms with van der Waals surface area (Å²) in [6.45, 7) is 5.92.